The van der Waals surface area contributed by atoms with Crippen molar-refractivity contribution in [3.05, 3.63) is 59.3 Å². The van der Waals surface area contributed by atoms with E-state index in [9.17, 15) is 18.8 Å². The number of carbonyl (C=O) groups excluding carboxylic acids is 3. The maximum absolute atomic E-state index is 14.1. The minimum absolute atomic E-state index is 0.105. The summed E-state index contributed by atoms with van der Waals surface area (Å²) >= 11 is 6.24. The molecule has 0 aliphatic carbocycles. The van der Waals surface area contributed by atoms with E-state index in [1.54, 1.807) is 21.9 Å². The Kier molecular flexibility index (Phi) is 6.65. The topological polar surface area (TPSA) is 95.5 Å². The van der Waals surface area contributed by atoms with Crippen molar-refractivity contribution in [2.45, 2.75) is 13.0 Å². The molecule has 3 rings (SSSR count). The highest BCUT2D eigenvalue weighted by Crippen LogP contribution is 2.31. The number of hydrogen-bond acceptors (Lipinski definition) is 5. The third kappa shape index (κ3) is 4.88. The summed E-state index contributed by atoms with van der Waals surface area (Å²) in [4.78, 5) is 47.3. The monoisotopic (exact) mass is 445 g/mol. The van der Waals surface area contributed by atoms with E-state index in [1.165, 1.54) is 26.1 Å². The molecule has 1 aliphatic rings. The van der Waals surface area contributed by atoms with Crippen LogP contribution < -0.4 is 5.32 Å². The van der Waals surface area contributed by atoms with Gasteiger partial charge in [-0.1, -0.05) is 18.2 Å². The zero-order chi connectivity index (χ0) is 22.7. The minimum Gasteiger partial charge on any atom is -0.354 e. The summed E-state index contributed by atoms with van der Waals surface area (Å²) in [5.74, 6) is -1.77. The van der Waals surface area contributed by atoms with Gasteiger partial charge in [-0.3, -0.25) is 14.4 Å². The van der Waals surface area contributed by atoms with E-state index in [0.717, 1.165) is 6.07 Å². The van der Waals surface area contributed by atoms with Crippen LogP contribution in [0.15, 0.2) is 36.9 Å². The van der Waals surface area contributed by atoms with Crippen molar-refractivity contribution < 1.29 is 18.8 Å². The van der Waals surface area contributed by atoms with E-state index < -0.39 is 17.9 Å². The number of aromatic nitrogens is 2. The van der Waals surface area contributed by atoms with E-state index in [2.05, 4.69) is 21.9 Å². The highest BCUT2D eigenvalue weighted by molar-refractivity contribution is 6.29. The summed E-state index contributed by atoms with van der Waals surface area (Å²) in [6, 6.07) is 5.34. The first-order valence-electron chi connectivity index (χ1n) is 9.49. The standard InChI is InChI=1S/C21H21ClFN5O3/c1-4-20(30)27-5-6-28(12(2)29)17(11-27)14-8-15(25-18(22)9-14)13-7-16(21(31)24-3)26-19(23)10-13/h4,7-10,17H,1,5-6,11H2,2-3H3,(H,24,31)/t17-/m0/s1. The average Bonchev–Trinajstić information content (AvgIpc) is 2.76. The van der Waals surface area contributed by atoms with Gasteiger partial charge in [0.25, 0.3) is 5.91 Å². The Hall–Kier alpha value is -3.33. The maximum Gasteiger partial charge on any atom is 0.269 e. The lowest BCUT2D eigenvalue weighted by Crippen LogP contribution is -2.51. The average molecular weight is 446 g/mol. The molecule has 2 aromatic heterocycles. The van der Waals surface area contributed by atoms with Gasteiger partial charge in [-0.2, -0.15) is 4.39 Å². The van der Waals surface area contributed by atoms with E-state index in [-0.39, 0.29) is 29.2 Å². The van der Waals surface area contributed by atoms with Crippen molar-refractivity contribution in [3.8, 4) is 11.3 Å². The number of nitrogens with zero attached hydrogens (tertiary/aromatic N) is 4. The number of piperazine rings is 1. The van der Waals surface area contributed by atoms with Crippen LogP contribution in [0.4, 0.5) is 4.39 Å². The van der Waals surface area contributed by atoms with Crippen molar-refractivity contribution in [2.75, 3.05) is 26.7 Å². The van der Waals surface area contributed by atoms with Crippen LogP contribution in [0.2, 0.25) is 5.15 Å². The van der Waals surface area contributed by atoms with Gasteiger partial charge in [0.2, 0.25) is 17.8 Å². The molecular formula is C21H21ClFN5O3. The Labute approximate surface area is 183 Å². The zero-order valence-electron chi connectivity index (χ0n) is 17.1. The Balaban J connectivity index is 2.06. The van der Waals surface area contributed by atoms with Crippen LogP contribution in [-0.2, 0) is 9.59 Å². The first-order chi connectivity index (χ1) is 14.7. The van der Waals surface area contributed by atoms with Gasteiger partial charge < -0.3 is 15.1 Å². The fraction of sp³-hybridized carbons (Fsp3) is 0.286. The summed E-state index contributed by atoms with van der Waals surface area (Å²) in [5, 5.41) is 2.52. The number of amides is 3. The summed E-state index contributed by atoms with van der Waals surface area (Å²) in [6.45, 7) is 5.95. The number of carbonyl (C=O) groups is 3. The molecule has 2 aromatic rings. The van der Waals surface area contributed by atoms with Crippen LogP contribution in [0.25, 0.3) is 11.3 Å². The number of pyridine rings is 2. The molecule has 1 aliphatic heterocycles. The predicted molar refractivity (Wildman–Crippen MR) is 113 cm³/mol. The molecule has 3 heterocycles. The van der Waals surface area contributed by atoms with Gasteiger partial charge in [-0.25, -0.2) is 9.97 Å². The molecular weight excluding hydrogens is 425 g/mol. The molecule has 1 N–H and O–H groups in total. The van der Waals surface area contributed by atoms with Crippen molar-refractivity contribution >= 4 is 29.3 Å². The van der Waals surface area contributed by atoms with Crippen LogP contribution >= 0.6 is 11.6 Å². The van der Waals surface area contributed by atoms with E-state index in [0.29, 0.717) is 29.9 Å². The molecule has 0 saturated carbocycles. The normalized spacial score (nSPS) is 16.1. The molecule has 162 valence electrons. The molecule has 0 aromatic carbocycles. The van der Waals surface area contributed by atoms with Crippen LogP contribution in [-0.4, -0.2) is 64.2 Å². The van der Waals surface area contributed by atoms with E-state index in [4.69, 9.17) is 11.6 Å². The summed E-state index contributed by atoms with van der Waals surface area (Å²) in [5.41, 5.74) is 1.14. The van der Waals surface area contributed by atoms with E-state index in [1.807, 2.05) is 0 Å². The number of halogens is 2. The molecule has 31 heavy (non-hydrogen) atoms. The fourth-order valence-corrected chi connectivity index (χ4v) is 3.74. The zero-order valence-corrected chi connectivity index (χ0v) is 17.8. The first-order valence-corrected chi connectivity index (χ1v) is 9.87. The second-order valence-corrected chi connectivity index (χ2v) is 7.36. The molecule has 1 atom stereocenters. The summed E-state index contributed by atoms with van der Waals surface area (Å²) in [7, 11) is 1.42. The lowest BCUT2D eigenvalue weighted by molar-refractivity contribution is -0.139. The Bertz CT molecular complexity index is 1060. The SMILES string of the molecule is C=CC(=O)N1CCN(C(C)=O)[C@H](c2cc(Cl)nc(-c3cc(F)nc(C(=O)NC)c3)c2)C1. The van der Waals surface area contributed by atoms with Crippen molar-refractivity contribution in [1.82, 2.24) is 25.1 Å². The molecule has 3 amide bonds. The predicted octanol–water partition coefficient (Wildman–Crippen LogP) is 2.21. The smallest absolute Gasteiger partial charge is 0.269 e. The van der Waals surface area contributed by atoms with Gasteiger partial charge in [0, 0.05) is 45.2 Å². The van der Waals surface area contributed by atoms with Gasteiger partial charge >= 0.3 is 0 Å². The fourth-order valence-electron chi connectivity index (χ4n) is 3.52. The molecule has 0 unspecified atom stereocenters. The molecule has 1 saturated heterocycles. The van der Waals surface area contributed by atoms with Gasteiger partial charge in [0.1, 0.15) is 10.8 Å². The third-order valence-corrected chi connectivity index (χ3v) is 5.22. The maximum atomic E-state index is 14.1. The van der Waals surface area contributed by atoms with Gasteiger partial charge in [-0.05, 0) is 29.8 Å². The molecule has 10 heteroatoms. The van der Waals surface area contributed by atoms with Crippen LogP contribution in [0, 0.1) is 5.95 Å². The molecule has 1 fully saturated rings. The molecule has 0 radical (unpaired) electrons. The molecule has 8 nitrogen and oxygen atoms in total. The summed E-state index contributed by atoms with van der Waals surface area (Å²) < 4.78 is 14.1. The van der Waals surface area contributed by atoms with Crippen molar-refractivity contribution in [1.29, 1.82) is 0 Å². The van der Waals surface area contributed by atoms with Crippen LogP contribution in [0.1, 0.15) is 29.0 Å². The Morgan fingerprint density at radius 3 is 2.61 bits per heavy atom. The number of hydrogen-bond donors (Lipinski definition) is 1. The van der Waals surface area contributed by atoms with Gasteiger partial charge in [-0.15, -0.1) is 0 Å². The highest BCUT2D eigenvalue weighted by Gasteiger charge is 2.32. The molecule has 0 spiro atoms. The van der Waals surface area contributed by atoms with Crippen molar-refractivity contribution in [3.63, 3.8) is 0 Å². The second kappa shape index (κ2) is 9.22. The minimum atomic E-state index is -0.842. The van der Waals surface area contributed by atoms with Crippen LogP contribution in [0.3, 0.4) is 0 Å². The Morgan fingerprint density at radius 1 is 1.23 bits per heavy atom. The number of rotatable bonds is 4. The third-order valence-electron chi connectivity index (χ3n) is 5.02. The largest absolute Gasteiger partial charge is 0.354 e. The summed E-state index contributed by atoms with van der Waals surface area (Å²) in [6.07, 6.45) is 1.23. The lowest BCUT2D eigenvalue weighted by atomic mass is 10.00. The molecule has 0 bridgehead atoms. The van der Waals surface area contributed by atoms with Gasteiger partial charge in [0.15, 0.2) is 0 Å². The first kappa shape index (κ1) is 22.4. The lowest BCUT2D eigenvalue weighted by Gasteiger charge is -2.41. The number of nitrogens with one attached hydrogen (secondary N) is 1. The van der Waals surface area contributed by atoms with Crippen LogP contribution in [0.5, 0.6) is 0 Å². The highest BCUT2D eigenvalue weighted by atomic mass is 35.5. The second-order valence-electron chi connectivity index (χ2n) is 6.97. The Morgan fingerprint density at radius 2 is 1.97 bits per heavy atom. The van der Waals surface area contributed by atoms with Gasteiger partial charge in [0.05, 0.1) is 11.7 Å². The van der Waals surface area contributed by atoms with E-state index >= 15 is 0 Å². The van der Waals surface area contributed by atoms with Crippen molar-refractivity contribution in [2.24, 2.45) is 0 Å². The quantitative estimate of drug-likeness (QED) is 0.575.